The van der Waals surface area contributed by atoms with Gasteiger partial charge in [0.15, 0.2) is 0 Å². The maximum Gasteiger partial charge on any atom is 0.264 e. The molecule has 212 valence electrons. The molecular formula is C28H29Cl2N3O6S. The molecule has 0 radical (unpaired) electrons. The van der Waals surface area contributed by atoms with E-state index in [1.54, 1.807) is 36.4 Å². The van der Waals surface area contributed by atoms with Gasteiger partial charge in [0.25, 0.3) is 15.9 Å². The van der Waals surface area contributed by atoms with Gasteiger partial charge in [0.2, 0.25) is 5.91 Å². The number of nitrogens with one attached hydrogen (secondary N) is 2. The molecule has 1 aliphatic rings. The molecule has 12 heteroatoms. The molecule has 0 fully saturated rings. The number of hydrogen-bond donors (Lipinski definition) is 3. The number of rotatable bonds is 9. The van der Waals surface area contributed by atoms with Crippen LogP contribution in [0.15, 0.2) is 65.6 Å². The highest BCUT2D eigenvalue weighted by Gasteiger charge is 2.31. The molecule has 1 aliphatic heterocycles. The van der Waals surface area contributed by atoms with Crippen molar-refractivity contribution in [1.82, 2.24) is 10.6 Å². The van der Waals surface area contributed by atoms with Crippen LogP contribution in [0.4, 0.5) is 5.69 Å². The van der Waals surface area contributed by atoms with Crippen molar-refractivity contribution in [1.29, 1.82) is 0 Å². The van der Waals surface area contributed by atoms with Crippen LogP contribution in [0.1, 0.15) is 40.9 Å². The van der Waals surface area contributed by atoms with Crippen molar-refractivity contribution in [3.05, 3.63) is 87.4 Å². The Hall–Kier alpha value is -3.31. The molecule has 0 aromatic heterocycles. The number of carbonyl (C=O) groups is 2. The van der Waals surface area contributed by atoms with Crippen molar-refractivity contribution in [2.24, 2.45) is 0 Å². The van der Waals surface area contributed by atoms with E-state index in [1.807, 2.05) is 13.0 Å². The second kappa shape index (κ2) is 12.5. The average Bonchev–Trinajstić information content (AvgIpc) is 2.92. The number of aliphatic hydroxyl groups excluding tert-OH is 1. The Labute approximate surface area is 243 Å². The predicted octanol–water partition coefficient (Wildman–Crippen LogP) is 4.25. The summed E-state index contributed by atoms with van der Waals surface area (Å²) >= 11 is 12.6. The SMILES string of the molecule is Cc1cccc(S(=O)(=O)N2CCOc3ccc(C(=O)N[C@@H](CC(=O)NC[C@@H](C)O)c4cc(Cl)ccc4Cl)cc32)c1. The largest absolute Gasteiger partial charge is 0.489 e. The number of halogens is 2. The van der Waals surface area contributed by atoms with E-state index in [0.29, 0.717) is 21.4 Å². The number of fused-ring (bicyclic) bond motifs is 1. The minimum absolute atomic E-state index is 0.0405. The van der Waals surface area contributed by atoms with Crippen LogP contribution in [-0.4, -0.2) is 51.1 Å². The quantitative estimate of drug-likeness (QED) is 0.335. The summed E-state index contributed by atoms with van der Waals surface area (Å²) in [6.07, 6.45) is -0.927. The highest BCUT2D eigenvalue weighted by molar-refractivity contribution is 7.92. The fourth-order valence-electron chi connectivity index (χ4n) is 4.27. The van der Waals surface area contributed by atoms with Crippen molar-refractivity contribution in [2.75, 3.05) is 24.0 Å². The third-order valence-electron chi connectivity index (χ3n) is 6.24. The van der Waals surface area contributed by atoms with E-state index in [4.69, 9.17) is 27.9 Å². The summed E-state index contributed by atoms with van der Waals surface area (Å²) in [4.78, 5) is 26.2. The van der Waals surface area contributed by atoms with Gasteiger partial charge in [-0.1, -0.05) is 35.3 Å². The first kappa shape index (κ1) is 29.7. The first-order valence-electron chi connectivity index (χ1n) is 12.5. The molecule has 1 heterocycles. The predicted molar refractivity (Wildman–Crippen MR) is 154 cm³/mol. The van der Waals surface area contributed by atoms with Crippen molar-refractivity contribution in [3.8, 4) is 5.75 Å². The van der Waals surface area contributed by atoms with Crippen molar-refractivity contribution in [2.45, 2.75) is 37.3 Å². The van der Waals surface area contributed by atoms with Gasteiger partial charge in [-0.25, -0.2) is 8.42 Å². The molecule has 2 amide bonds. The number of anilines is 1. The van der Waals surface area contributed by atoms with Crippen molar-refractivity contribution >= 4 is 50.7 Å². The number of sulfonamides is 1. The zero-order valence-corrected chi connectivity index (χ0v) is 24.2. The fraction of sp³-hybridized carbons (Fsp3) is 0.286. The van der Waals surface area contributed by atoms with Crippen LogP contribution in [-0.2, 0) is 14.8 Å². The van der Waals surface area contributed by atoms with Crippen LogP contribution >= 0.6 is 23.2 Å². The molecule has 4 rings (SSSR count). The van der Waals surface area contributed by atoms with Crippen LogP contribution < -0.4 is 19.7 Å². The summed E-state index contributed by atoms with van der Waals surface area (Å²) < 4.78 is 34.0. The van der Waals surface area contributed by atoms with Gasteiger partial charge in [0.05, 0.1) is 35.7 Å². The lowest BCUT2D eigenvalue weighted by Crippen LogP contribution is -2.38. The standard InChI is InChI=1S/C28H29Cl2N3O6S/c1-17-4-3-5-21(12-17)40(37,38)33-10-11-39-26-9-6-19(13-25(26)33)28(36)32-24(15-27(35)31-16-18(2)34)22-14-20(29)7-8-23(22)30/h3-9,12-14,18,24,34H,10-11,15-16H2,1-2H3,(H,31,35)(H,32,36)/t18-,24+/m1/s1. The Morgan fingerprint density at radius 3 is 2.60 bits per heavy atom. The van der Waals surface area contributed by atoms with Gasteiger partial charge < -0.3 is 20.5 Å². The molecule has 9 nitrogen and oxygen atoms in total. The highest BCUT2D eigenvalue weighted by atomic mass is 35.5. The third-order valence-corrected chi connectivity index (χ3v) is 8.63. The van der Waals surface area contributed by atoms with Crippen LogP contribution in [0.25, 0.3) is 0 Å². The zero-order chi connectivity index (χ0) is 29.0. The topological polar surface area (TPSA) is 125 Å². The number of aryl methyl sites for hydroxylation is 1. The Kier molecular flexibility index (Phi) is 9.25. The minimum atomic E-state index is -3.93. The fourth-order valence-corrected chi connectivity index (χ4v) is 6.25. The Morgan fingerprint density at radius 1 is 1.10 bits per heavy atom. The van der Waals surface area contributed by atoms with Gasteiger partial charge in [-0.3, -0.25) is 13.9 Å². The number of carbonyl (C=O) groups excluding carboxylic acids is 2. The van der Waals surface area contributed by atoms with Gasteiger partial charge >= 0.3 is 0 Å². The summed E-state index contributed by atoms with van der Waals surface area (Å²) in [7, 11) is -3.93. The summed E-state index contributed by atoms with van der Waals surface area (Å²) in [5.41, 5.74) is 1.61. The molecule has 2 atom stereocenters. The molecule has 3 N–H and O–H groups in total. The normalized spacial score (nSPS) is 14.5. The summed E-state index contributed by atoms with van der Waals surface area (Å²) in [6, 6.07) is 14.9. The second-order valence-electron chi connectivity index (χ2n) is 9.47. The van der Waals surface area contributed by atoms with Crippen LogP contribution in [0.5, 0.6) is 5.75 Å². The van der Waals surface area contributed by atoms with Crippen LogP contribution in [0.2, 0.25) is 10.0 Å². The molecule has 0 bridgehead atoms. The van der Waals surface area contributed by atoms with E-state index in [9.17, 15) is 23.1 Å². The van der Waals surface area contributed by atoms with E-state index >= 15 is 0 Å². The Balaban J connectivity index is 1.64. The summed E-state index contributed by atoms with van der Waals surface area (Å²) in [5, 5.41) is 15.6. The van der Waals surface area contributed by atoms with Crippen LogP contribution in [0, 0.1) is 6.92 Å². The number of ether oxygens (including phenoxy) is 1. The van der Waals surface area contributed by atoms with Gasteiger partial charge in [-0.05, 0) is 73.5 Å². The van der Waals surface area contributed by atoms with Crippen molar-refractivity contribution < 1.29 is 27.9 Å². The molecule has 0 saturated heterocycles. The second-order valence-corrected chi connectivity index (χ2v) is 12.2. The van der Waals surface area contributed by atoms with E-state index < -0.39 is 34.0 Å². The lowest BCUT2D eigenvalue weighted by molar-refractivity contribution is -0.122. The first-order valence-corrected chi connectivity index (χ1v) is 14.7. The molecule has 0 unspecified atom stereocenters. The molecule has 3 aromatic carbocycles. The lowest BCUT2D eigenvalue weighted by Gasteiger charge is -2.31. The highest BCUT2D eigenvalue weighted by Crippen LogP contribution is 2.37. The van der Waals surface area contributed by atoms with Gasteiger partial charge in [0, 0.05) is 22.2 Å². The molecule has 0 saturated carbocycles. The maximum atomic E-state index is 13.5. The van der Waals surface area contributed by atoms with Gasteiger partial charge in [0.1, 0.15) is 12.4 Å². The van der Waals surface area contributed by atoms with Crippen LogP contribution in [0.3, 0.4) is 0 Å². The van der Waals surface area contributed by atoms with Crippen molar-refractivity contribution in [3.63, 3.8) is 0 Å². The average molecular weight is 607 g/mol. The lowest BCUT2D eigenvalue weighted by atomic mass is 10.0. The van der Waals surface area contributed by atoms with Gasteiger partial charge in [-0.2, -0.15) is 0 Å². The van der Waals surface area contributed by atoms with E-state index in [0.717, 1.165) is 5.56 Å². The summed E-state index contributed by atoms with van der Waals surface area (Å²) in [5.74, 6) is -0.659. The Bertz CT molecular complexity index is 1530. The summed E-state index contributed by atoms with van der Waals surface area (Å²) in [6.45, 7) is 3.61. The zero-order valence-electron chi connectivity index (χ0n) is 21.9. The van der Waals surface area contributed by atoms with E-state index in [1.165, 1.54) is 29.4 Å². The maximum absolute atomic E-state index is 13.5. The first-order chi connectivity index (χ1) is 19.0. The monoisotopic (exact) mass is 605 g/mol. The molecule has 0 aliphatic carbocycles. The van der Waals surface area contributed by atoms with Gasteiger partial charge in [-0.15, -0.1) is 0 Å². The third kappa shape index (κ3) is 6.87. The Morgan fingerprint density at radius 2 is 1.88 bits per heavy atom. The smallest absolute Gasteiger partial charge is 0.264 e. The number of benzene rings is 3. The minimum Gasteiger partial charge on any atom is -0.489 e. The molecule has 40 heavy (non-hydrogen) atoms. The molecule has 3 aromatic rings. The molecular weight excluding hydrogens is 577 g/mol. The molecule has 0 spiro atoms. The number of nitrogens with zero attached hydrogens (tertiary/aromatic N) is 1. The number of aliphatic hydroxyl groups is 1. The number of amides is 2. The number of hydrogen-bond acceptors (Lipinski definition) is 6. The van der Waals surface area contributed by atoms with E-state index in [2.05, 4.69) is 10.6 Å². The van der Waals surface area contributed by atoms with E-state index in [-0.39, 0.29) is 42.3 Å².